The minimum Gasteiger partial charge on any atom is -0.356 e. The number of aromatic nitrogens is 1. The molecule has 0 unspecified atom stereocenters. The van der Waals surface area contributed by atoms with Crippen LogP contribution in [0, 0.1) is 6.92 Å². The highest BCUT2D eigenvalue weighted by Gasteiger charge is 2.19. The summed E-state index contributed by atoms with van der Waals surface area (Å²) in [6.45, 7) is 1.88. The Hall–Kier alpha value is -1.84. The fourth-order valence-corrected chi connectivity index (χ4v) is 1.78. The van der Waals surface area contributed by atoms with E-state index in [-0.39, 0.29) is 5.91 Å². The number of nitrogens with zero attached hydrogens (tertiary/aromatic N) is 1. The summed E-state index contributed by atoms with van der Waals surface area (Å²) in [6.07, 6.45) is 0.436. The van der Waals surface area contributed by atoms with E-state index in [1.54, 1.807) is 0 Å². The third-order valence-electron chi connectivity index (χ3n) is 2.50. The number of rotatable bonds is 0. The van der Waals surface area contributed by atoms with Gasteiger partial charge in [0, 0.05) is 11.1 Å². The van der Waals surface area contributed by atoms with E-state index in [9.17, 15) is 4.79 Å². The highest BCUT2D eigenvalue weighted by Crippen LogP contribution is 2.29. The second-order valence-electron chi connectivity index (χ2n) is 3.50. The number of hydrogen-bond donors (Lipinski definition) is 1. The number of carbonyl (C=O) groups excluding carboxylic acids is 1. The molecule has 0 atom stereocenters. The summed E-state index contributed by atoms with van der Waals surface area (Å²) < 4.78 is 5.12. The van der Waals surface area contributed by atoms with Gasteiger partial charge in [-0.15, -0.1) is 0 Å². The van der Waals surface area contributed by atoms with Crippen molar-refractivity contribution >= 4 is 22.6 Å². The fraction of sp³-hybridized carbons (Fsp3) is 0.200. The van der Waals surface area contributed by atoms with Crippen LogP contribution < -0.4 is 5.32 Å². The van der Waals surface area contributed by atoms with E-state index in [0.29, 0.717) is 6.42 Å². The normalized spacial score (nSPS) is 14.5. The Kier molecular flexibility index (Phi) is 1.27. The molecule has 1 N–H and O–H groups in total. The molecule has 0 aliphatic carbocycles. The van der Waals surface area contributed by atoms with E-state index in [0.717, 1.165) is 27.9 Å². The molecule has 0 saturated carbocycles. The lowest BCUT2D eigenvalue weighted by Gasteiger charge is -1.96. The number of amides is 1. The summed E-state index contributed by atoms with van der Waals surface area (Å²) in [7, 11) is 0. The predicted molar refractivity (Wildman–Crippen MR) is 51.1 cm³/mol. The van der Waals surface area contributed by atoms with Gasteiger partial charge in [0.05, 0.1) is 12.1 Å². The molecule has 1 aromatic heterocycles. The van der Waals surface area contributed by atoms with Gasteiger partial charge in [0.2, 0.25) is 5.91 Å². The molecule has 1 aliphatic rings. The van der Waals surface area contributed by atoms with E-state index < -0.39 is 0 Å². The second kappa shape index (κ2) is 2.35. The molecule has 0 spiro atoms. The lowest BCUT2D eigenvalue weighted by molar-refractivity contribution is -0.115. The monoisotopic (exact) mass is 188 g/mol. The van der Waals surface area contributed by atoms with Crippen molar-refractivity contribution in [3.63, 3.8) is 0 Å². The standard InChI is InChI=1S/C10H8N2O2/c1-5-7-4-8-6(3-10(13)11-8)2-9(7)14-12-5/h2,4H,3H2,1H3,(H,11,13). The van der Waals surface area contributed by atoms with Crippen LogP contribution in [0.3, 0.4) is 0 Å². The number of hydrogen-bond acceptors (Lipinski definition) is 3. The highest BCUT2D eigenvalue weighted by molar-refractivity contribution is 6.02. The molecule has 70 valence electrons. The first-order valence-electron chi connectivity index (χ1n) is 4.43. The first kappa shape index (κ1) is 7.55. The minimum absolute atomic E-state index is 0.0401. The molecule has 4 heteroatoms. The van der Waals surface area contributed by atoms with Crippen LogP contribution in [0.5, 0.6) is 0 Å². The SMILES string of the molecule is Cc1noc2cc3c(cc12)NC(=O)C3. The zero-order valence-electron chi connectivity index (χ0n) is 7.63. The van der Waals surface area contributed by atoms with E-state index in [2.05, 4.69) is 10.5 Å². The van der Waals surface area contributed by atoms with Crippen molar-refractivity contribution in [3.05, 3.63) is 23.4 Å². The Balaban J connectivity index is 2.33. The zero-order valence-corrected chi connectivity index (χ0v) is 7.63. The Morgan fingerprint density at radius 1 is 1.50 bits per heavy atom. The van der Waals surface area contributed by atoms with Crippen molar-refractivity contribution in [2.45, 2.75) is 13.3 Å². The van der Waals surface area contributed by atoms with Crippen LogP contribution in [0.15, 0.2) is 16.7 Å². The topological polar surface area (TPSA) is 55.1 Å². The molecule has 1 aromatic carbocycles. The molecule has 1 aliphatic heterocycles. The molecule has 0 bridgehead atoms. The van der Waals surface area contributed by atoms with Crippen molar-refractivity contribution in [1.29, 1.82) is 0 Å². The third-order valence-corrected chi connectivity index (χ3v) is 2.50. The number of aryl methyl sites for hydroxylation is 1. The van der Waals surface area contributed by atoms with Gasteiger partial charge in [0.1, 0.15) is 0 Å². The van der Waals surface area contributed by atoms with Gasteiger partial charge in [-0.05, 0) is 24.6 Å². The molecule has 14 heavy (non-hydrogen) atoms. The quantitative estimate of drug-likeness (QED) is 0.683. The van der Waals surface area contributed by atoms with Gasteiger partial charge in [-0.2, -0.15) is 0 Å². The van der Waals surface area contributed by atoms with Crippen molar-refractivity contribution in [1.82, 2.24) is 5.16 Å². The maximum Gasteiger partial charge on any atom is 0.228 e. The summed E-state index contributed by atoms with van der Waals surface area (Å²) in [5.74, 6) is 0.0401. The first-order valence-corrected chi connectivity index (χ1v) is 4.43. The number of carbonyl (C=O) groups is 1. The van der Waals surface area contributed by atoms with Crippen LogP contribution in [0.25, 0.3) is 11.0 Å². The van der Waals surface area contributed by atoms with Crippen molar-refractivity contribution in [2.24, 2.45) is 0 Å². The molecule has 0 saturated heterocycles. The molecular weight excluding hydrogens is 180 g/mol. The molecule has 4 nitrogen and oxygen atoms in total. The van der Waals surface area contributed by atoms with Crippen molar-refractivity contribution in [2.75, 3.05) is 5.32 Å². The summed E-state index contributed by atoms with van der Waals surface area (Å²) >= 11 is 0. The van der Waals surface area contributed by atoms with Gasteiger partial charge in [0.25, 0.3) is 0 Å². The van der Waals surface area contributed by atoms with E-state index in [1.165, 1.54) is 0 Å². The van der Waals surface area contributed by atoms with Gasteiger partial charge < -0.3 is 9.84 Å². The number of anilines is 1. The second-order valence-corrected chi connectivity index (χ2v) is 3.50. The summed E-state index contributed by atoms with van der Waals surface area (Å²) in [4.78, 5) is 11.1. The van der Waals surface area contributed by atoms with Crippen LogP contribution >= 0.6 is 0 Å². The minimum atomic E-state index is 0.0401. The maximum atomic E-state index is 11.1. The number of fused-ring (bicyclic) bond motifs is 2. The molecule has 3 rings (SSSR count). The molecule has 0 radical (unpaired) electrons. The van der Waals surface area contributed by atoms with Gasteiger partial charge >= 0.3 is 0 Å². The van der Waals surface area contributed by atoms with E-state index in [1.807, 2.05) is 19.1 Å². The van der Waals surface area contributed by atoms with Gasteiger partial charge in [0.15, 0.2) is 5.58 Å². The van der Waals surface area contributed by atoms with Crippen molar-refractivity contribution in [3.8, 4) is 0 Å². The van der Waals surface area contributed by atoms with Crippen LogP contribution in [-0.2, 0) is 11.2 Å². The smallest absolute Gasteiger partial charge is 0.228 e. The molecule has 0 fully saturated rings. The van der Waals surface area contributed by atoms with E-state index in [4.69, 9.17) is 4.52 Å². The summed E-state index contributed by atoms with van der Waals surface area (Å²) in [5.41, 5.74) is 3.47. The molecule has 2 heterocycles. The van der Waals surface area contributed by atoms with Crippen LogP contribution in [-0.4, -0.2) is 11.1 Å². The summed E-state index contributed by atoms with van der Waals surface area (Å²) in [6, 6.07) is 3.80. The van der Waals surface area contributed by atoms with Crippen molar-refractivity contribution < 1.29 is 9.32 Å². The lowest BCUT2D eigenvalue weighted by Crippen LogP contribution is -2.03. The Bertz CT molecular complexity index is 542. The Labute approximate surface area is 79.9 Å². The predicted octanol–water partition coefficient (Wildman–Crippen LogP) is 1.63. The van der Waals surface area contributed by atoms with Gasteiger partial charge in [-0.25, -0.2) is 0 Å². The Morgan fingerprint density at radius 3 is 3.21 bits per heavy atom. The lowest BCUT2D eigenvalue weighted by atomic mass is 10.1. The van der Waals surface area contributed by atoms with E-state index >= 15 is 0 Å². The first-order chi connectivity index (χ1) is 6.74. The molecule has 1 amide bonds. The van der Waals surface area contributed by atoms with Crippen LogP contribution in [0.2, 0.25) is 0 Å². The average Bonchev–Trinajstić information content (AvgIpc) is 2.66. The van der Waals surface area contributed by atoms with Gasteiger partial charge in [-0.1, -0.05) is 5.16 Å². The third kappa shape index (κ3) is 0.878. The largest absolute Gasteiger partial charge is 0.356 e. The van der Waals surface area contributed by atoms with Crippen LogP contribution in [0.1, 0.15) is 11.3 Å². The maximum absolute atomic E-state index is 11.1. The Morgan fingerprint density at radius 2 is 2.36 bits per heavy atom. The molecule has 2 aromatic rings. The average molecular weight is 188 g/mol. The summed E-state index contributed by atoms with van der Waals surface area (Å²) in [5, 5.41) is 7.63. The highest BCUT2D eigenvalue weighted by atomic mass is 16.5. The van der Waals surface area contributed by atoms with Crippen LogP contribution in [0.4, 0.5) is 5.69 Å². The van der Waals surface area contributed by atoms with Gasteiger partial charge in [-0.3, -0.25) is 4.79 Å². The number of benzene rings is 1. The zero-order chi connectivity index (χ0) is 9.71. The fourth-order valence-electron chi connectivity index (χ4n) is 1.78. The number of nitrogens with one attached hydrogen (secondary N) is 1. The molecular formula is C10H8N2O2.